The van der Waals surface area contributed by atoms with Gasteiger partial charge in [0, 0.05) is 25.8 Å². The molecule has 1 fully saturated rings. The number of piperidine rings is 1. The summed E-state index contributed by atoms with van der Waals surface area (Å²) in [6.07, 6.45) is 5.64. The lowest BCUT2D eigenvalue weighted by Crippen LogP contribution is -2.39. The summed E-state index contributed by atoms with van der Waals surface area (Å²) in [5.74, 6) is 0. The third kappa shape index (κ3) is 2.55. The van der Waals surface area contributed by atoms with Crippen LogP contribution in [0.25, 0.3) is 0 Å². The molecule has 1 saturated heterocycles. The second-order valence-corrected chi connectivity index (χ2v) is 4.76. The van der Waals surface area contributed by atoms with Gasteiger partial charge in [0.05, 0.1) is 11.4 Å². The van der Waals surface area contributed by atoms with Crippen LogP contribution in [-0.4, -0.2) is 40.9 Å². The van der Waals surface area contributed by atoms with E-state index in [2.05, 4.69) is 35.5 Å². The van der Waals surface area contributed by atoms with Crippen LogP contribution in [0, 0.1) is 0 Å². The minimum Gasteiger partial charge on any atom is -0.378 e. The lowest BCUT2D eigenvalue weighted by molar-refractivity contribution is 0.261. The molecule has 1 unspecified atom stereocenters. The second kappa shape index (κ2) is 4.87. The molecule has 0 aliphatic carbocycles. The van der Waals surface area contributed by atoms with Gasteiger partial charge in [0.2, 0.25) is 0 Å². The number of rotatable bonds is 3. The predicted molar refractivity (Wildman–Crippen MR) is 66.7 cm³/mol. The highest BCUT2D eigenvalue weighted by Crippen LogP contribution is 2.18. The fourth-order valence-electron chi connectivity index (χ4n) is 2.42. The average Bonchev–Trinajstić information content (AvgIpc) is 2.59. The highest BCUT2D eigenvalue weighted by Gasteiger charge is 2.18. The zero-order valence-electron chi connectivity index (χ0n) is 10.5. The minimum absolute atomic E-state index is 0.577. The Labute approximate surface area is 97.6 Å². The maximum Gasteiger partial charge on any atom is 0.0853 e. The van der Waals surface area contributed by atoms with Gasteiger partial charge < -0.3 is 10.2 Å². The summed E-state index contributed by atoms with van der Waals surface area (Å²) in [5, 5.41) is 8.08. The van der Waals surface area contributed by atoms with Gasteiger partial charge in [-0.25, -0.2) is 0 Å². The van der Waals surface area contributed by atoms with Crippen molar-refractivity contribution in [2.75, 3.05) is 25.5 Å². The van der Waals surface area contributed by atoms with Crippen LogP contribution < -0.4 is 5.32 Å². The van der Waals surface area contributed by atoms with E-state index < -0.39 is 0 Å². The first-order valence-electron chi connectivity index (χ1n) is 6.16. The van der Waals surface area contributed by atoms with Gasteiger partial charge in [0.25, 0.3) is 0 Å². The Morgan fingerprint density at radius 1 is 1.50 bits per heavy atom. The van der Waals surface area contributed by atoms with Crippen LogP contribution in [0.4, 0.5) is 5.69 Å². The monoisotopic (exact) mass is 222 g/mol. The number of likely N-dealkylation sites (tertiary alicyclic amines) is 1. The first kappa shape index (κ1) is 11.5. The molecule has 1 atom stereocenters. The Hall–Kier alpha value is -1.03. The number of nitrogens with zero attached hydrogens (tertiary/aromatic N) is 3. The number of aromatic nitrogens is 2. The molecule has 2 rings (SSSR count). The van der Waals surface area contributed by atoms with E-state index in [0.717, 1.165) is 13.0 Å². The van der Waals surface area contributed by atoms with E-state index in [1.54, 1.807) is 0 Å². The van der Waals surface area contributed by atoms with Crippen LogP contribution in [0.15, 0.2) is 6.20 Å². The number of hydrogen-bond acceptors (Lipinski definition) is 3. The van der Waals surface area contributed by atoms with Gasteiger partial charge in [0.15, 0.2) is 0 Å². The third-order valence-corrected chi connectivity index (χ3v) is 3.22. The molecule has 1 aromatic rings. The summed E-state index contributed by atoms with van der Waals surface area (Å²) < 4.78 is 1.90. The van der Waals surface area contributed by atoms with Crippen molar-refractivity contribution in [1.82, 2.24) is 14.7 Å². The van der Waals surface area contributed by atoms with Crippen LogP contribution in [0.1, 0.15) is 25.5 Å². The molecule has 1 aromatic heterocycles. The van der Waals surface area contributed by atoms with Crippen molar-refractivity contribution in [3.8, 4) is 0 Å². The molecule has 0 bridgehead atoms. The summed E-state index contributed by atoms with van der Waals surface area (Å²) in [4.78, 5) is 2.39. The lowest BCUT2D eigenvalue weighted by atomic mass is 10.1. The molecule has 90 valence electrons. The fraction of sp³-hybridized carbons (Fsp3) is 0.750. The van der Waals surface area contributed by atoms with Crippen molar-refractivity contribution in [2.45, 2.75) is 32.2 Å². The molecular formula is C12H22N4. The Kier molecular flexibility index (Phi) is 3.49. The SMILES string of the molecule is CCc1nn(C)cc1NC1CCCN(C)C1. The summed E-state index contributed by atoms with van der Waals surface area (Å²) in [5.41, 5.74) is 2.39. The largest absolute Gasteiger partial charge is 0.378 e. The number of likely N-dealkylation sites (N-methyl/N-ethyl adjacent to an activating group) is 1. The molecule has 0 aromatic carbocycles. The Balaban J connectivity index is 2.02. The second-order valence-electron chi connectivity index (χ2n) is 4.76. The van der Waals surface area contributed by atoms with Gasteiger partial charge in [-0.2, -0.15) is 5.10 Å². The molecular weight excluding hydrogens is 200 g/mol. The maximum absolute atomic E-state index is 4.45. The van der Waals surface area contributed by atoms with Gasteiger partial charge in [-0.15, -0.1) is 0 Å². The van der Waals surface area contributed by atoms with Crippen LogP contribution >= 0.6 is 0 Å². The Morgan fingerprint density at radius 3 is 3.00 bits per heavy atom. The van der Waals surface area contributed by atoms with Crippen LogP contribution in [0.2, 0.25) is 0 Å². The van der Waals surface area contributed by atoms with Crippen molar-refractivity contribution in [2.24, 2.45) is 7.05 Å². The molecule has 0 radical (unpaired) electrons. The van der Waals surface area contributed by atoms with Gasteiger partial charge in [-0.3, -0.25) is 4.68 Å². The molecule has 1 N–H and O–H groups in total. The summed E-state index contributed by atoms with van der Waals surface area (Å²) in [6.45, 7) is 4.52. The highest BCUT2D eigenvalue weighted by atomic mass is 15.3. The third-order valence-electron chi connectivity index (χ3n) is 3.22. The van der Waals surface area contributed by atoms with E-state index in [1.807, 2.05) is 11.7 Å². The van der Waals surface area contributed by atoms with Gasteiger partial charge >= 0.3 is 0 Å². The quantitative estimate of drug-likeness (QED) is 0.841. The zero-order chi connectivity index (χ0) is 11.5. The molecule has 0 amide bonds. The van der Waals surface area contributed by atoms with E-state index in [1.165, 1.54) is 30.8 Å². The van der Waals surface area contributed by atoms with Gasteiger partial charge in [-0.05, 0) is 32.9 Å². The Morgan fingerprint density at radius 2 is 2.31 bits per heavy atom. The molecule has 4 nitrogen and oxygen atoms in total. The van der Waals surface area contributed by atoms with E-state index in [4.69, 9.17) is 0 Å². The normalized spacial score (nSPS) is 22.3. The standard InChI is InChI=1S/C12H22N4/c1-4-11-12(9-16(3)14-11)13-10-6-5-7-15(2)8-10/h9-10,13H,4-8H2,1-3H3. The van der Waals surface area contributed by atoms with Crippen molar-refractivity contribution in [3.63, 3.8) is 0 Å². The molecule has 1 aliphatic heterocycles. The molecule has 1 aliphatic rings. The highest BCUT2D eigenvalue weighted by molar-refractivity contribution is 5.47. The summed E-state index contributed by atoms with van der Waals surface area (Å²) >= 11 is 0. The average molecular weight is 222 g/mol. The van der Waals surface area contributed by atoms with Crippen molar-refractivity contribution >= 4 is 5.69 Å². The van der Waals surface area contributed by atoms with Crippen LogP contribution in [0.3, 0.4) is 0 Å². The van der Waals surface area contributed by atoms with Crippen molar-refractivity contribution in [1.29, 1.82) is 0 Å². The number of anilines is 1. The minimum atomic E-state index is 0.577. The fourth-order valence-corrected chi connectivity index (χ4v) is 2.42. The first-order chi connectivity index (χ1) is 7.69. The predicted octanol–water partition coefficient (Wildman–Crippen LogP) is 1.49. The summed E-state index contributed by atoms with van der Waals surface area (Å²) in [7, 11) is 4.18. The molecule has 2 heterocycles. The van der Waals surface area contributed by atoms with E-state index in [9.17, 15) is 0 Å². The molecule has 0 saturated carbocycles. The number of nitrogens with one attached hydrogen (secondary N) is 1. The first-order valence-corrected chi connectivity index (χ1v) is 6.16. The van der Waals surface area contributed by atoms with Gasteiger partial charge in [-0.1, -0.05) is 6.92 Å². The van der Waals surface area contributed by atoms with Crippen LogP contribution in [0.5, 0.6) is 0 Å². The molecule has 16 heavy (non-hydrogen) atoms. The molecule has 0 spiro atoms. The number of hydrogen-bond donors (Lipinski definition) is 1. The van der Waals surface area contributed by atoms with Crippen molar-refractivity contribution < 1.29 is 0 Å². The topological polar surface area (TPSA) is 33.1 Å². The summed E-state index contributed by atoms with van der Waals surface area (Å²) in [6, 6.07) is 0.577. The lowest BCUT2D eigenvalue weighted by Gasteiger charge is -2.30. The Bertz CT molecular complexity index is 345. The van der Waals surface area contributed by atoms with E-state index >= 15 is 0 Å². The van der Waals surface area contributed by atoms with Crippen LogP contribution in [-0.2, 0) is 13.5 Å². The smallest absolute Gasteiger partial charge is 0.0853 e. The van der Waals surface area contributed by atoms with E-state index in [0.29, 0.717) is 6.04 Å². The maximum atomic E-state index is 4.45. The molecule has 4 heteroatoms. The zero-order valence-corrected chi connectivity index (χ0v) is 10.5. The van der Waals surface area contributed by atoms with Crippen molar-refractivity contribution in [3.05, 3.63) is 11.9 Å². The van der Waals surface area contributed by atoms with E-state index in [-0.39, 0.29) is 0 Å². The number of aryl methyl sites for hydroxylation is 2. The van der Waals surface area contributed by atoms with Gasteiger partial charge in [0.1, 0.15) is 0 Å².